The highest BCUT2D eigenvalue weighted by Crippen LogP contribution is 2.39. The molecule has 0 unspecified atom stereocenters. The van der Waals surface area contributed by atoms with Gasteiger partial charge in [-0.3, -0.25) is 14.3 Å². The average Bonchev–Trinajstić information content (AvgIpc) is 3.42. The molecule has 0 saturated carbocycles. The summed E-state index contributed by atoms with van der Waals surface area (Å²) in [6.07, 6.45) is 2.58. The van der Waals surface area contributed by atoms with Crippen LogP contribution in [0.1, 0.15) is 58.3 Å². The third-order valence-corrected chi connectivity index (χ3v) is 7.33. The van der Waals surface area contributed by atoms with E-state index in [0.29, 0.717) is 23.5 Å². The van der Waals surface area contributed by atoms with Crippen molar-refractivity contribution in [3.63, 3.8) is 0 Å². The van der Waals surface area contributed by atoms with Crippen LogP contribution >= 0.6 is 0 Å². The molecule has 0 saturated heterocycles. The van der Waals surface area contributed by atoms with Crippen LogP contribution in [0.4, 0.5) is 11.4 Å². The zero-order chi connectivity index (χ0) is 31.5. The molecule has 0 atom stereocenters. The standard InChI is InChI=1S/C31H36N6O5S/c1-20-13-14-22(15-27(20)37-19-26(33-35-37)30(39)36(5)18-21-11-9-8-10-12-21)29(38)32-24-16-23(31(2,3)4)17-25(28(24)42-6)34-43(7,40)41/h8-17,19,34H,18H2,1-7H3,(H,32,38). The maximum atomic E-state index is 13.5. The molecular formula is C31H36N6O5S. The Balaban J connectivity index is 1.62. The number of nitrogens with zero attached hydrogens (tertiary/aromatic N) is 4. The number of aromatic nitrogens is 3. The van der Waals surface area contributed by atoms with Gasteiger partial charge in [-0.2, -0.15) is 0 Å². The van der Waals surface area contributed by atoms with E-state index in [4.69, 9.17) is 4.74 Å². The van der Waals surface area contributed by atoms with Gasteiger partial charge in [-0.15, -0.1) is 5.10 Å². The van der Waals surface area contributed by atoms with Crippen LogP contribution < -0.4 is 14.8 Å². The zero-order valence-electron chi connectivity index (χ0n) is 25.3. The maximum Gasteiger partial charge on any atom is 0.276 e. The fourth-order valence-electron chi connectivity index (χ4n) is 4.45. The highest BCUT2D eigenvalue weighted by Gasteiger charge is 2.23. The Morgan fingerprint density at radius 3 is 2.33 bits per heavy atom. The van der Waals surface area contributed by atoms with Crippen LogP contribution in [-0.2, 0) is 22.0 Å². The van der Waals surface area contributed by atoms with Crippen molar-refractivity contribution in [1.29, 1.82) is 0 Å². The Bertz CT molecular complexity index is 1760. The van der Waals surface area contributed by atoms with Crippen LogP contribution in [-0.4, -0.2) is 60.5 Å². The predicted octanol–water partition coefficient (Wildman–Crippen LogP) is 4.78. The summed E-state index contributed by atoms with van der Waals surface area (Å²) >= 11 is 0. The number of amides is 2. The number of anilines is 2. The summed E-state index contributed by atoms with van der Waals surface area (Å²) in [5, 5.41) is 11.1. The summed E-state index contributed by atoms with van der Waals surface area (Å²) < 4.78 is 33.6. The first-order valence-corrected chi connectivity index (χ1v) is 15.4. The van der Waals surface area contributed by atoms with E-state index < -0.39 is 15.9 Å². The molecule has 3 aromatic carbocycles. The van der Waals surface area contributed by atoms with E-state index in [1.807, 2.05) is 58.0 Å². The monoisotopic (exact) mass is 604 g/mol. The lowest BCUT2D eigenvalue weighted by atomic mass is 9.86. The summed E-state index contributed by atoms with van der Waals surface area (Å²) in [6.45, 7) is 8.22. The highest BCUT2D eigenvalue weighted by atomic mass is 32.2. The topological polar surface area (TPSA) is 136 Å². The molecule has 0 spiro atoms. The van der Waals surface area contributed by atoms with Gasteiger partial charge in [-0.1, -0.05) is 62.4 Å². The normalized spacial score (nSPS) is 11.6. The Morgan fingerprint density at radius 1 is 1.02 bits per heavy atom. The minimum absolute atomic E-state index is 0.169. The summed E-state index contributed by atoms with van der Waals surface area (Å²) in [6, 6.07) is 18.2. The van der Waals surface area contributed by atoms with E-state index in [9.17, 15) is 18.0 Å². The second kappa shape index (κ2) is 12.3. The largest absolute Gasteiger partial charge is 0.492 e. The predicted molar refractivity (Wildman–Crippen MR) is 166 cm³/mol. The van der Waals surface area contributed by atoms with Gasteiger partial charge >= 0.3 is 0 Å². The Kier molecular flexibility index (Phi) is 8.90. The van der Waals surface area contributed by atoms with E-state index >= 15 is 0 Å². The molecule has 0 aliphatic carbocycles. The Labute approximate surface area is 251 Å². The SMILES string of the molecule is COc1c(NC(=O)c2ccc(C)c(-n3cc(C(=O)N(C)Cc4ccccc4)nn3)c2)cc(C(C)(C)C)cc1NS(C)(=O)=O. The summed E-state index contributed by atoms with van der Waals surface area (Å²) in [5.74, 6) is -0.556. The van der Waals surface area contributed by atoms with E-state index in [-0.39, 0.29) is 28.5 Å². The van der Waals surface area contributed by atoms with Crippen molar-refractivity contribution in [1.82, 2.24) is 19.9 Å². The first-order chi connectivity index (χ1) is 20.2. The molecule has 0 radical (unpaired) electrons. The molecule has 226 valence electrons. The minimum Gasteiger partial charge on any atom is -0.492 e. The van der Waals surface area contributed by atoms with Crippen LogP contribution in [0.15, 0.2) is 66.9 Å². The first kappa shape index (κ1) is 31.2. The number of carbonyl (C=O) groups excluding carboxylic acids is 2. The van der Waals surface area contributed by atoms with Gasteiger partial charge in [0.05, 0.1) is 36.6 Å². The van der Waals surface area contributed by atoms with Crippen molar-refractivity contribution >= 4 is 33.2 Å². The van der Waals surface area contributed by atoms with Crippen molar-refractivity contribution in [2.24, 2.45) is 0 Å². The lowest BCUT2D eigenvalue weighted by Crippen LogP contribution is -2.26. The molecular weight excluding hydrogens is 568 g/mol. The molecule has 4 aromatic rings. The third kappa shape index (κ3) is 7.58. The number of sulfonamides is 1. The van der Waals surface area contributed by atoms with Gasteiger partial charge in [0.25, 0.3) is 11.8 Å². The molecule has 0 fully saturated rings. The van der Waals surface area contributed by atoms with Crippen molar-refractivity contribution in [3.8, 4) is 11.4 Å². The van der Waals surface area contributed by atoms with E-state index in [0.717, 1.165) is 22.9 Å². The fraction of sp³-hybridized carbons (Fsp3) is 0.290. The molecule has 0 aliphatic rings. The average molecular weight is 605 g/mol. The van der Waals surface area contributed by atoms with Crippen LogP contribution in [0.25, 0.3) is 5.69 Å². The van der Waals surface area contributed by atoms with E-state index in [2.05, 4.69) is 20.4 Å². The number of aryl methyl sites for hydroxylation is 1. The first-order valence-electron chi connectivity index (χ1n) is 13.5. The lowest BCUT2D eigenvalue weighted by Gasteiger charge is -2.24. The second-order valence-electron chi connectivity index (χ2n) is 11.4. The Morgan fingerprint density at radius 2 is 1.70 bits per heavy atom. The number of benzene rings is 3. The number of nitrogens with one attached hydrogen (secondary N) is 2. The van der Waals surface area contributed by atoms with Gasteiger partial charge in [0.1, 0.15) is 0 Å². The van der Waals surface area contributed by atoms with Gasteiger partial charge in [-0.05, 0) is 53.3 Å². The van der Waals surface area contributed by atoms with Gasteiger partial charge in [0.2, 0.25) is 10.0 Å². The molecule has 0 bridgehead atoms. The smallest absolute Gasteiger partial charge is 0.276 e. The molecule has 12 heteroatoms. The summed E-state index contributed by atoms with van der Waals surface area (Å²) in [4.78, 5) is 28.1. The highest BCUT2D eigenvalue weighted by molar-refractivity contribution is 7.92. The summed E-state index contributed by atoms with van der Waals surface area (Å²) in [5.41, 5.74) is 3.81. The third-order valence-electron chi connectivity index (χ3n) is 6.74. The second-order valence-corrected chi connectivity index (χ2v) is 13.1. The van der Waals surface area contributed by atoms with Crippen molar-refractivity contribution in [2.45, 2.75) is 39.7 Å². The number of carbonyl (C=O) groups is 2. The molecule has 1 aromatic heterocycles. The molecule has 2 N–H and O–H groups in total. The fourth-order valence-corrected chi connectivity index (χ4v) is 5.00. The lowest BCUT2D eigenvalue weighted by molar-refractivity contribution is 0.0779. The molecule has 43 heavy (non-hydrogen) atoms. The van der Waals surface area contributed by atoms with E-state index in [1.54, 1.807) is 42.3 Å². The van der Waals surface area contributed by atoms with Crippen LogP contribution in [0.5, 0.6) is 5.75 Å². The van der Waals surface area contributed by atoms with Gasteiger partial charge in [0.15, 0.2) is 11.4 Å². The molecule has 11 nitrogen and oxygen atoms in total. The van der Waals surface area contributed by atoms with Gasteiger partial charge < -0.3 is 15.0 Å². The molecule has 2 amide bonds. The van der Waals surface area contributed by atoms with Crippen molar-refractivity contribution in [2.75, 3.05) is 30.5 Å². The Hall–Kier alpha value is -4.71. The minimum atomic E-state index is -3.62. The van der Waals surface area contributed by atoms with E-state index in [1.165, 1.54) is 18.0 Å². The number of hydrogen-bond donors (Lipinski definition) is 2. The molecule has 4 rings (SSSR count). The van der Waals surface area contributed by atoms with Gasteiger partial charge in [0, 0.05) is 19.2 Å². The number of ether oxygens (including phenoxy) is 1. The maximum absolute atomic E-state index is 13.5. The number of rotatable bonds is 9. The van der Waals surface area contributed by atoms with Crippen molar-refractivity contribution in [3.05, 3.63) is 94.8 Å². The van der Waals surface area contributed by atoms with Crippen molar-refractivity contribution < 1.29 is 22.7 Å². The van der Waals surface area contributed by atoms with Crippen LogP contribution in [0.3, 0.4) is 0 Å². The summed E-state index contributed by atoms with van der Waals surface area (Å²) in [7, 11) is -0.520. The zero-order valence-corrected chi connectivity index (χ0v) is 26.1. The molecule has 0 aliphatic heterocycles. The number of hydrogen-bond acceptors (Lipinski definition) is 7. The van der Waals surface area contributed by atoms with Crippen LogP contribution in [0, 0.1) is 6.92 Å². The van der Waals surface area contributed by atoms with Gasteiger partial charge in [-0.25, -0.2) is 13.1 Å². The molecule has 1 heterocycles. The number of methoxy groups -OCH3 is 1. The quantitative estimate of drug-likeness (QED) is 0.281. The van der Waals surface area contributed by atoms with Crippen LogP contribution in [0.2, 0.25) is 0 Å².